The van der Waals surface area contributed by atoms with Crippen molar-refractivity contribution >= 4 is 35.0 Å². The summed E-state index contributed by atoms with van der Waals surface area (Å²) in [7, 11) is 0. The average Bonchev–Trinajstić information content (AvgIpc) is 2.56. The zero-order valence-electron chi connectivity index (χ0n) is 11.1. The normalized spacial score (nSPS) is 24.4. The maximum atomic E-state index is 12.0. The number of carbonyl (C=O) groups excluding carboxylic acids is 2. The van der Waals surface area contributed by atoms with Crippen LogP contribution in [0.3, 0.4) is 0 Å². The number of β-amino-alcohol motifs (C(OH)–C–C–N with tert-alkyl or cyclic N) is 1. The molecule has 1 N–H and O–H groups in total. The van der Waals surface area contributed by atoms with Gasteiger partial charge in [-0.2, -0.15) is 0 Å². The summed E-state index contributed by atoms with van der Waals surface area (Å²) in [4.78, 5) is 25.0. The number of aliphatic hydroxyl groups excluding tert-OH is 1. The molecule has 4 nitrogen and oxygen atoms in total. The van der Waals surface area contributed by atoms with E-state index in [9.17, 15) is 14.7 Å². The maximum Gasteiger partial charge on any atom is 0.232 e. The molecule has 1 saturated heterocycles. The molecule has 0 radical (unpaired) electrons. The molecule has 6 heteroatoms. The van der Waals surface area contributed by atoms with E-state index in [1.54, 1.807) is 26.0 Å². The highest BCUT2D eigenvalue weighted by Gasteiger charge is 2.42. The number of halogens is 2. The second kappa shape index (κ2) is 5.72. The molecule has 1 aliphatic heterocycles. The van der Waals surface area contributed by atoms with Crippen LogP contribution in [0.15, 0.2) is 18.2 Å². The Morgan fingerprint density at radius 2 is 1.75 bits per heavy atom. The Hall–Kier alpha value is -1.10. The zero-order chi connectivity index (χ0) is 15.0. The Morgan fingerprint density at radius 3 is 2.25 bits per heavy atom. The van der Waals surface area contributed by atoms with E-state index in [0.717, 1.165) is 4.90 Å². The predicted octanol–water partition coefficient (Wildman–Crippen LogP) is 2.67. The molecule has 0 spiro atoms. The third kappa shape index (κ3) is 2.68. The van der Waals surface area contributed by atoms with Crippen LogP contribution in [-0.4, -0.2) is 28.4 Å². The van der Waals surface area contributed by atoms with Gasteiger partial charge in [-0.15, -0.1) is 0 Å². The lowest BCUT2D eigenvalue weighted by Gasteiger charge is -2.20. The van der Waals surface area contributed by atoms with Crippen molar-refractivity contribution in [1.29, 1.82) is 0 Å². The largest absolute Gasteiger partial charge is 0.386 e. The second-order valence-electron chi connectivity index (χ2n) is 5.05. The first-order chi connectivity index (χ1) is 9.32. The summed E-state index contributed by atoms with van der Waals surface area (Å²) in [5.74, 6) is -1.22. The Labute approximate surface area is 127 Å². The van der Waals surface area contributed by atoms with Crippen LogP contribution in [0.5, 0.6) is 0 Å². The second-order valence-corrected chi connectivity index (χ2v) is 5.89. The number of hydrogen-bond donors (Lipinski definition) is 1. The molecule has 0 aromatic heterocycles. The van der Waals surface area contributed by atoms with Crippen molar-refractivity contribution in [3.63, 3.8) is 0 Å². The van der Waals surface area contributed by atoms with Crippen molar-refractivity contribution < 1.29 is 14.7 Å². The highest BCUT2D eigenvalue weighted by Crippen LogP contribution is 2.30. The van der Waals surface area contributed by atoms with Gasteiger partial charge in [-0.1, -0.05) is 43.1 Å². The quantitative estimate of drug-likeness (QED) is 0.872. The standard InChI is InChI=1S/C14H15Cl2NO3/c1-7-8(2)14(20)17(13(7)19)6-12(18)10-4-3-9(15)5-11(10)16/h3-5,7-8,12,18H,6H2,1-2H3. The van der Waals surface area contributed by atoms with Crippen molar-refractivity contribution in [2.75, 3.05) is 6.54 Å². The monoisotopic (exact) mass is 315 g/mol. The number of nitrogens with zero attached hydrogens (tertiary/aromatic N) is 1. The molecule has 0 aliphatic carbocycles. The number of likely N-dealkylation sites (tertiary alicyclic amines) is 1. The van der Waals surface area contributed by atoms with Crippen LogP contribution in [0.25, 0.3) is 0 Å². The molecule has 3 unspecified atom stereocenters. The molecule has 2 rings (SSSR count). The summed E-state index contributed by atoms with van der Waals surface area (Å²) < 4.78 is 0. The summed E-state index contributed by atoms with van der Waals surface area (Å²) in [5, 5.41) is 11.0. The van der Waals surface area contributed by atoms with Crippen LogP contribution in [-0.2, 0) is 9.59 Å². The SMILES string of the molecule is CC1C(=O)N(CC(O)c2ccc(Cl)cc2Cl)C(=O)C1C. The molecule has 1 fully saturated rings. The first kappa shape index (κ1) is 15.3. The van der Waals surface area contributed by atoms with Gasteiger partial charge in [-0.25, -0.2) is 0 Å². The van der Waals surface area contributed by atoms with Gasteiger partial charge in [-0.05, 0) is 12.1 Å². The van der Waals surface area contributed by atoms with Crippen molar-refractivity contribution in [3.05, 3.63) is 33.8 Å². The summed E-state index contributed by atoms with van der Waals surface area (Å²) in [5.41, 5.74) is 0.448. The fourth-order valence-electron chi connectivity index (χ4n) is 2.25. The topological polar surface area (TPSA) is 57.6 Å². The summed E-state index contributed by atoms with van der Waals surface area (Å²) in [6, 6.07) is 4.71. The van der Waals surface area contributed by atoms with E-state index in [1.165, 1.54) is 6.07 Å². The number of carbonyl (C=O) groups is 2. The van der Waals surface area contributed by atoms with E-state index in [0.29, 0.717) is 15.6 Å². The third-order valence-corrected chi connectivity index (χ3v) is 4.30. The van der Waals surface area contributed by atoms with E-state index in [4.69, 9.17) is 23.2 Å². The molecular formula is C14H15Cl2NO3. The fourth-order valence-corrected chi connectivity index (χ4v) is 2.79. The predicted molar refractivity (Wildman–Crippen MR) is 76.5 cm³/mol. The van der Waals surface area contributed by atoms with Gasteiger partial charge < -0.3 is 5.11 Å². The zero-order valence-corrected chi connectivity index (χ0v) is 12.6. The molecule has 20 heavy (non-hydrogen) atoms. The van der Waals surface area contributed by atoms with E-state index in [1.807, 2.05) is 0 Å². The molecule has 3 atom stereocenters. The summed E-state index contributed by atoms with van der Waals surface area (Å²) in [6.07, 6.45) is -1.02. The fraction of sp³-hybridized carbons (Fsp3) is 0.429. The van der Waals surface area contributed by atoms with Gasteiger partial charge in [0, 0.05) is 27.4 Å². The van der Waals surface area contributed by atoms with Gasteiger partial charge in [0.25, 0.3) is 0 Å². The third-order valence-electron chi connectivity index (χ3n) is 3.74. The minimum atomic E-state index is -1.02. The summed E-state index contributed by atoms with van der Waals surface area (Å²) in [6.45, 7) is 3.34. The van der Waals surface area contributed by atoms with Gasteiger partial charge in [-0.3, -0.25) is 14.5 Å². The van der Waals surface area contributed by atoms with Crippen LogP contribution < -0.4 is 0 Å². The van der Waals surface area contributed by atoms with Crippen molar-refractivity contribution in [1.82, 2.24) is 4.90 Å². The number of amides is 2. The van der Waals surface area contributed by atoms with E-state index < -0.39 is 6.10 Å². The molecule has 1 aromatic carbocycles. The first-order valence-electron chi connectivity index (χ1n) is 6.31. The van der Waals surface area contributed by atoms with Crippen LogP contribution in [0, 0.1) is 11.8 Å². The number of rotatable bonds is 3. The van der Waals surface area contributed by atoms with Crippen molar-refractivity contribution in [2.24, 2.45) is 11.8 Å². The molecule has 0 bridgehead atoms. The molecule has 1 aliphatic rings. The molecule has 0 saturated carbocycles. The average molecular weight is 316 g/mol. The minimum absolute atomic E-state index is 0.0896. The van der Waals surface area contributed by atoms with E-state index in [2.05, 4.69) is 0 Å². The van der Waals surface area contributed by atoms with Crippen LogP contribution >= 0.6 is 23.2 Å². The maximum absolute atomic E-state index is 12.0. The molecular weight excluding hydrogens is 301 g/mol. The first-order valence-corrected chi connectivity index (χ1v) is 7.06. The van der Waals surface area contributed by atoms with Crippen molar-refractivity contribution in [3.8, 4) is 0 Å². The molecule has 108 valence electrons. The smallest absolute Gasteiger partial charge is 0.232 e. The van der Waals surface area contributed by atoms with Gasteiger partial charge >= 0.3 is 0 Å². The molecule has 1 heterocycles. The lowest BCUT2D eigenvalue weighted by atomic mass is 10.00. The van der Waals surface area contributed by atoms with Crippen molar-refractivity contribution in [2.45, 2.75) is 20.0 Å². The Kier molecular flexibility index (Phi) is 4.37. The Bertz CT molecular complexity index is 541. The van der Waals surface area contributed by atoms with Gasteiger partial charge in [0.15, 0.2) is 0 Å². The minimum Gasteiger partial charge on any atom is -0.386 e. The van der Waals surface area contributed by atoms with Gasteiger partial charge in [0.05, 0.1) is 12.6 Å². The highest BCUT2D eigenvalue weighted by molar-refractivity contribution is 6.35. The van der Waals surface area contributed by atoms with Gasteiger partial charge in [0.2, 0.25) is 11.8 Å². The molecule has 1 aromatic rings. The van der Waals surface area contributed by atoms with E-state index >= 15 is 0 Å². The van der Waals surface area contributed by atoms with Crippen LogP contribution in [0.1, 0.15) is 25.5 Å². The highest BCUT2D eigenvalue weighted by atomic mass is 35.5. The summed E-state index contributed by atoms with van der Waals surface area (Å²) >= 11 is 11.8. The number of benzene rings is 1. The van der Waals surface area contributed by atoms with Gasteiger partial charge in [0.1, 0.15) is 0 Å². The number of aliphatic hydroxyl groups is 1. The Morgan fingerprint density at radius 1 is 1.20 bits per heavy atom. The number of imide groups is 1. The lowest BCUT2D eigenvalue weighted by Crippen LogP contribution is -2.34. The van der Waals surface area contributed by atoms with E-state index in [-0.39, 0.29) is 30.2 Å². The molecule has 2 amide bonds. The van der Waals surface area contributed by atoms with Crippen LogP contribution in [0.2, 0.25) is 10.0 Å². The Balaban J connectivity index is 2.18. The lowest BCUT2D eigenvalue weighted by molar-refractivity contribution is -0.141. The number of hydrogen-bond acceptors (Lipinski definition) is 3. The van der Waals surface area contributed by atoms with Crippen LogP contribution in [0.4, 0.5) is 0 Å².